The Kier molecular flexibility index (Phi) is 8.79. The second-order valence-corrected chi connectivity index (χ2v) is 16.3. The zero-order valence-corrected chi connectivity index (χ0v) is 23.0. The van der Waals surface area contributed by atoms with Crippen molar-refractivity contribution in [1.82, 2.24) is 4.90 Å². The Balaban J connectivity index is 2.04. The zero-order chi connectivity index (χ0) is 25.0. The van der Waals surface area contributed by atoms with Crippen molar-refractivity contribution in [2.75, 3.05) is 13.1 Å². The summed E-state index contributed by atoms with van der Waals surface area (Å²) in [5.74, 6) is 1.60. The molecule has 1 amide bonds. The maximum absolute atomic E-state index is 12.9. The van der Waals surface area contributed by atoms with Gasteiger partial charge in [-0.2, -0.15) is 0 Å². The lowest BCUT2D eigenvalue weighted by Gasteiger charge is -2.35. The highest BCUT2D eigenvalue weighted by Crippen LogP contribution is 2.37. The van der Waals surface area contributed by atoms with E-state index in [0.29, 0.717) is 49.1 Å². The molecule has 1 aromatic heterocycles. The van der Waals surface area contributed by atoms with Gasteiger partial charge in [0.05, 0.1) is 12.2 Å². The number of allylic oxidation sites excluding steroid dienone is 1. The fraction of sp³-hybridized carbons (Fsp3) is 0.692. The summed E-state index contributed by atoms with van der Waals surface area (Å²) >= 11 is 0. The third kappa shape index (κ3) is 7.85. The Morgan fingerprint density at radius 2 is 1.79 bits per heavy atom. The summed E-state index contributed by atoms with van der Waals surface area (Å²) in [7, 11) is -1.92. The van der Waals surface area contributed by atoms with Crippen molar-refractivity contribution >= 4 is 20.5 Å². The quantitative estimate of drug-likeness (QED) is 0.444. The van der Waals surface area contributed by atoms with Crippen molar-refractivity contribution in [3.63, 3.8) is 0 Å². The minimum atomic E-state index is -1.92. The topological polar surface area (TPSA) is 69.0 Å². The minimum absolute atomic E-state index is 0.0330. The third-order valence-corrected chi connectivity index (χ3v) is 11.0. The average molecular weight is 478 g/mol. The van der Waals surface area contributed by atoms with Gasteiger partial charge in [0.1, 0.15) is 17.1 Å². The predicted molar refractivity (Wildman–Crippen MR) is 136 cm³/mol. The molecule has 1 saturated heterocycles. The van der Waals surface area contributed by atoms with E-state index in [9.17, 15) is 9.59 Å². The van der Waals surface area contributed by atoms with Crippen molar-refractivity contribution in [3.8, 4) is 0 Å². The molecule has 2 heterocycles. The lowest BCUT2D eigenvalue weighted by molar-refractivity contribution is 0.0197. The number of piperidine rings is 1. The van der Waals surface area contributed by atoms with Crippen LogP contribution < -0.4 is 5.43 Å². The van der Waals surface area contributed by atoms with E-state index in [1.54, 1.807) is 11.0 Å². The van der Waals surface area contributed by atoms with E-state index >= 15 is 0 Å². The molecule has 1 aromatic rings. The number of hydrogen-bond donors (Lipinski definition) is 0. The summed E-state index contributed by atoms with van der Waals surface area (Å²) in [6, 6.07) is 1.57. The molecule has 1 aliphatic rings. The predicted octanol–water partition coefficient (Wildman–Crippen LogP) is 6.38. The molecule has 0 saturated carbocycles. The first-order valence-electron chi connectivity index (χ1n) is 12.1. The van der Waals surface area contributed by atoms with Gasteiger partial charge in [-0.05, 0) is 57.7 Å². The van der Waals surface area contributed by atoms with Crippen LogP contribution in [0.3, 0.4) is 0 Å². The molecule has 33 heavy (non-hydrogen) atoms. The Morgan fingerprint density at radius 3 is 2.30 bits per heavy atom. The molecule has 0 N–H and O–H groups in total. The summed E-state index contributed by atoms with van der Waals surface area (Å²) in [5, 5.41) is 0.0998. The molecule has 0 atom stereocenters. The zero-order valence-electron chi connectivity index (χ0n) is 22.0. The number of ether oxygens (including phenoxy) is 1. The number of likely N-dealkylation sites (tertiary alicyclic amines) is 1. The van der Waals surface area contributed by atoms with Gasteiger partial charge in [-0.25, -0.2) is 4.79 Å². The lowest BCUT2D eigenvalue weighted by Crippen LogP contribution is -2.41. The molecule has 0 aromatic carbocycles. The monoisotopic (exact) mass is 477 g/mol. The van der Waals surface area contributed by atoms with E-state index in [1.807, 2.05) is 33.8 Å². The van der Waals surface area contributed by atoms with Gasteiger partial charge in [-0.15, -0.1) is 0 Å². The number of hydrogen-bond acceptors (Lipinski definition) is 5. The molecule has 7 heteroatoms. The Labute approximate surface area is 200 Å². The van der Waals surface area contributed by atoms with Gasteiger partial charge in [0.2, 0.25) is 0 Å². The van der Waals surface area contributed by atoms with E-state index in [-0.39, 0.29) is 16.6 Å². The number of nitrogens with zero attached hydrogens (tertiary/aromatic N) is 1. The lowest BCUT2D eigenvalue weighted by atomic mass is 9.95. The highest BCUT2D eigenvalue weighted by atomic mass is 28.4. The van der Waals surface area contributed by atoms with Crippen LogP contribution in [0, 0.1) is 5.92 Å². The number of rotatable bonds is 6. The normalized spacial score (nSPS) is 16.5. The maximum Gasteiger partial charge on any atom is 0.410 e. The largest absolute Gasteiger partial charge is 0.463 e. The molecule has 6 nitrogen and oxygen atoms in total. The highest BCUT2D eigenvalue weighted by molar-refractivity contribution is 6.74. The van der Waals surface area contributed by atoms with Gasteiger partial charge in [0.15, 0.2) is 13.7 Å². The minimum Gasteiger partial charge on any atom is -0.463 e. The summed E-state index contributed by atoms with van der Waals surface area (Å²) in [5.41, 5.74) is 0.0952. The second-order valence-electron chi connectivity index (χ2n) is 11.5. The Hall–Kier alpha value is -1.86. The van der Waals surface area contributed by atoms with E-state index in [1.165, 1.54) is 0 Å². The van der Waals surface area contributed by atoms with E-state index < -0.39 is 13.9 Å². The molecular formula is C26H43NO5Si. The van der Waals surface area contributed by atoms with E-state index in [0.717, 1.165) is 12.8 Å². The van der Waals surface area contributed by atoms with Crippen LogP contribution in [-0.4, -0.2) is 38.0 Å². The van der Waals surface area contributed by atoms with Crippen molar-refractivity contribution in [2.45, 2.75) is 98.1 Å². The van der Waals surface area contributed by atoms with Crippen LogP contribution in [0.5, 0.6) is 0 Å². The van der Waals surface area contributed by atoms with Gasteiger partial charge in [-0.3, -0.25) is 4.79 Å². The summed E-state index contributed by atoms with van der Waals surface area (Å²) < 4.78 is 17.8. The van der Waals surface area contributed by atoms with Crippen LogP contribution in [0.2, 0.25) is 18.1 Å². The van der Waals surface area contributed by atoms with Crippen LogP contribution >= 0.6 is 0 Å². The number of amides is 1. The molecule has 0 spiro atoms. The van der Waals surface area contributed by atoms with Crippen LogP contribution in [0.15, 0.2) is 21.4 Å². The summed E-state index contributed by atoms with van der Waals surface area (Å²) in [6.45, 7) is 20.2. The third-order valence-electron chi connectivity index (χ3n) is 6.54. The molecule has 0 radical (unpaired) electrons. The van der Waals surface area contributed by atoms with Crippen molar-refractivity contribution in [2.24, 2.45) is 5.92 Å². The summed E-state index contributed by atoms with van der Waals surface area (Å²) in [6.07, 6.45) is 6.07. The van der Waals surface area contributed by atoms with E-state index in [2.05, 4.69) is 39.9 Å². The van der Waals surface area contributed by atoms with Crippen molar-refractivity contribution in [1.29, 1.82) is 0 Å². The second kappa shape index (κ2) is 10.6. The fourth-order valence-electron chi connectivity index (χ4n) is 3.41. The van der Waals surface area contributed by atoms with E-state index in [4.69, 9.17) is 13.6 Å². The van der Waals surface area contributed by atoms with Crippen LogP contribution in [-0.2, 0) is 22.2 Å². The first-order chi connectivity index (χ1) is 15.1. The molecule has 186 valence electrons. The smallest absolute Gasteiger partial charge is 0.410 e. The number of aryl methyl sites for hydroxylation is 1. The molecular weight excluding hydrogens is 434 g/mol. The molecule has 0 unspecified atom stereocenters. The van der Waals surface area contributed by atoms with Crippen molar-refractivity contribution < 1.29 is 18.4 Å². The Bertz CT molecular complexity index is 897. The van der Waals surface area contributed by atoms with Crippen LogP contribution in [0.1, 0.15) is 78.4 Å². The standard InChI is InChI=1S/C26H43NO5Si/c1-10-23-21(22(28)17-20(31-23)18-30-33(8,9)26(5,6)7)12-11-19-13-15-27(16-14-19)24(29)32-25(2,3)4/h11-12,17,19H,10,13-16,18H2,1-9H3/b12-11+. The van der Waals surface area contributed by atoms with Crippen LogP contribution in [0.4, 0.5) is 4.79 Å². The SMILES string of the molecule is CCc1oc(CO[Si](C)(C)C(C)(C)C)cc(=O)c1/C=C/C1CCN(C(=O)OC(C)(C)C)CC1. The fourth-order valence-corrected chi connectivity index (χ4v) is 4.35. The molecule has 0 bridgehead atoms. The molecule has 1 aliphatic heterocycles. The first-order valence-corrected chi connectivity index (χ1v) is 15.0. The first kappa shape index (κ1) is 27.4. The molecule has 1 fully saturated rings. The van der Waals surface area contributed by atoms with Crippen LogP contribution in [0.25, 0.3) is 6.08 Å². The number of carbonyl (C=O) groups is 1. The molecule has 0 aliphatic carbocycles. The highest BCUT2D eigenvalue weighted by Gasteiger charge is 2.37. The maximum atomic E-state index is 12.9. The van der Waals surface area contributed by atoms with Gasteiger partial charge in [0.25, 0.3) is 0 Å². The average Bonchev–Trinajstić information content (AvgIpc) is 2.69. The molecule has 2 rings (SSSR count). The van der Waals surface area contributed by atoms with Crippen molar-refractivity contribution in [3.05, 3.63) is 39.4 Å². The van der Waals surface area contributed by atoms with Gasteiger partial charge < -0.3 is 18.5 Å². The summed E-state index contributed by atoms with van der Waals surface area (Å²) in [4.78, 5) is 26.9. The van der Waals surface area contributed by atoms with Gasteiger partial charge in [-0.1, -0.05) is 39.8 Å². The van der Waals surface area contributed by atoms with Gasteiger partial charge in [0, 0.05) is 25.6 Å². The number of carbonyl (C=O) groups excluding carboxylic acids is 1. The van der Waals surface area contributed by atoms with Gasteiger partial charge >= 0.3 is 6.09 Å². The Morgan fingerprint density at radius 1 is 1.18 bits per heavy atom.